The third-order valence-corrected chi connectivity index (χ3v) is 1.70. The molecule has 1 heteroatoms. The predicted molar refractivity (Wildman–Crippen MR) is 42.4 cm³/mol. The molecule has 0 fully saturated rings. The summed E-state index contributed by atoms with van der Waals surface area (Å²) in [5, 5.41) is 0. The van der Waals surface area contributed by atoms with Gasteiger partial charge in [0.05, 0.1) is 6.42 Å². The van der Waals surface area contributed by atoms with Crippen LogP contribution in [-0.4, -0.2) is 10.8 Å². The Morgan fingerprint density at radius 3 is 3.30 bits per heavy atom. The van der Waals surface area contributed by atoms with Crippen LogP contribution in [0.2, 0.25) is 0 Å². The summed E-state index contributed by atoms with van der Waals surface area (Å²) in [6.45, 7) is 2.11. The first kappa shape index (κ1) is 7.21. The Bertz CT molecular complexity index is 174. The van der Waals surface area contributed by atoms with Crippen molar-refractivity contribution >= 4 is 0 Å². The summed E-state index contributed by atoms with van der Waals surface area (Å²) in [5.41, 5.74) is 0. The van der Waals surface area contributed by atoms with Crippen molar-refractivity contribution in [2.45, 2.75) is 32.3 Å². The van der Waals surface area contributed by atoms with Gasteiger partial charge in [0.2, 0.25) is 11.9 Å². The van der Waals surface area contributed by atoms with Crippen LogP contribution >= 0.6 is 0 Å². The number of hydrogen-bond acceptors (Lipinski definition) is 0. The zero-order valence-corrected chi connectivity index (χ0v) is 6.30. The fourth-order valence-electron chi connectivity index (χ4n) is 1.08. The maximum absolute atomic E-state index is 5.25. The summed E-state index contributed by atoms with van der Waals surface area (Å²) in [6.07, 6.45) is 10.7. The zero-order valence-electron chi connectivity index (χ0n) is 6.30. The number of aliphatic hydroxyl groups is 2. The quantitative estimate of drug-likeness (QED) is 0.384. The van der Waals surface area contributed by atoms with Crippen LogP contribution in [0.5, 0.6) is 0 Å². The molecule has 54 valence electrons. The highest BCUT2D eigenvalue weighted by molar-refractivity contribution is 5.04. The van der Waals surface area contributed by atoms with Crippen molar-refractivity contribution < 1.29 is 4.74 Å². The molecule has 1 aliphatic heterocycles. The molecule has 0 saturated carbocycles. The van der Waals surface area contributed by atoms with E-state index in [1.54, 1.807) is 0 Å². The van der Waals surface area contributed by atoms with Gasteiger partial charge in [-0.05, 0) is 12.3 Å². The molecule has 1 nitrogen and oxygen atoms in total. The molecule has 0 bridgehead atoms. The highest BCUT2D eigenvalue weighted by Gasteiger charge is 2.16. The molecule has 0 radical (unpaired) electrons. The van der Waals surface area contributed by atoms with E-state index in [1.807, 2.05) is 0 Å². The number of terminal acetylenes is 1. The van der Waals surface area contributed by atoms with Gasteiger partial charge in [0.1, 0.15) is 0 Å². The minimum atomic E-state index is 0.153. The zero-order chi connectivity index (χ0) is 7.40. The molecule has 0 aromatic carbocycles. The molecule has 0 saturated heterocycles. The normalized spacial score (nSPS) is 24.4. The summed E-state index contributed by atoms with van der Waals surface area (Å²) in [5.74, 6) is 3.84. The molecule has 1 N–H and O–H groups in total. The average molecular weight is 137 g/mol. The first-order valence-electron chi connectivity index (χ1n) is 3.72. The summed E-state index contributed by atoms with van der Waals surface area (Å²) >= 11 is 0. The molecular weight excluding hydrogens is 124 g/mol. The van der Waals surface area contributed by atoms with Crippen LogP contribution in [0, 0.1) is 12.3 Å². The molecule has 10 heavy (non-hydrogen) atoms. The minimum absolute atomic E-state index is 0.153. The lowest BCUT2D eigenvalue weighted by Crippen LogP contribution is -2.17. The summed E-state index contributed by atoms with van der Waals surface area (Å²) < 4.78 is 4.34. The Morgan fingerprint density at radius 1 is 1.90 bits per heavy atom. The SMILES string of the molecule is C#C[C@@H]1CCC=C(CC)[OH+]1. The van der Waals surface area contributed by atoms with Crippen molar-refractivity contribution in [3.8, 4) is 12.3 Å². The topological polar surface area (TPSA) is 12.8 Å². The fourth-order valence-corrected chi connectivity index (χ4v) is 1.08. The van der Waals surface area contributed by atoms with Crippen molar-refractivity contribution in [2.24, 2.45) is 0 Å². The van der Waals surface area contributed by atoms with E-state index in [-0.39, 0.29) is 6.10 Å². The maximum atomic E-state index is 5.25. The van der Waals surface area contributed by atoms with Gasteiger partial charge in [-0.15, -0.1) is 6.42 Å². The van der Waals surface area contributed by atoms with Gasteiger partial charge in [0.25, 0.3) is 0 Å². The third kappa shape index (κ3) is 1.54. The Labute approximate surface area is 62.1 Å². The van der Waals surface area contributed by atoms with Crippen LogP contribution in [0.3, 0.4) is 0 Å². The first-order valence-corrected chi connectivity index (χ1v) is 3.72. The molecule has 0 aromatic rings. The van der Waals surface area contributed by atoms with Crippen LogP contribution in [0.25, 0.3) is 0 Å². The summed E-state index contributed by atoms with van der Waals surface area (Å²) in [7, 11) is 0. The lowest BCUT2D eigenvalue weighted by molar-refractivity contribution is -0.0285. The van der Waals surface area contributed by atoms with E-state index in [0.29, 0.717) is 0 Å². The van der Waals surface area contributed by atoms with Gasteiger partial charge >= 0.3 is 0 Å². The first-order chi connectivity index (χ1) is 4.86. The Morgan fingerprint density at radius 2 is 2.70 bits per heavy atom. The average Bonchev–Trinajstić information content (AvgIpc) is 2.05. The molecule has 0 spiro atoms. The van der Waals surface area contributed by atoms with Crippen LogP contribution in [-0.2, 0) is 0 Å². The van der Waals surface area contributed by atoms with E-state index in [1.165, 1.54) is 5.76 Å². The van der Waals surface area contributed by atoms with Crippen LogP contribution in [0.4, 0.5) is 0 Å². The van der Waals surface area contributed by atoms with E-state index in [9.17, 15) is 0 Å². The molecule has 0 aliphatic carbocycles. The van der Waals surface area contributed by atoms with Crippen molar-refractivity contribution in [3.05, 3.63) is 11.8 Å². The van der Waals surface area contributed by atoms with Gasteiger partial charge in [-0.3, -0.25) is 0 Å². The maximum Gasteiger partial charge on any atom is 0.245 e. The Balaban J connectivity index is 2.50. The van der Waals surface area contributed by atoms with E-state index in [2.05, 4.69) is 23.7 Å². The van der Waals surface area contributed by atoms with Crippen LogP contribution < -0.4 is 0 Å². The van der Waals surface area contributed by atoms with Crippen molar-refractivity contribution in [1.82, 2.24) is 0 Å². The standard InChI is InChI=1S/C9H12O/c1-3-8-6-5-7-9(4-2)10-8/h1,7-8H,4-6H2,2H3/p+1/t8-/m1/s1. The monoisotopic (exact) mass is 137 g/mol. The Kier molecular flexibility index (Phi) is 2.39. The van der Waals surface area contributed by atoms with E-state index in [0.717, 1.165) is 19.3 Å². The minimum Gasteiger partial charge on any atom is -0.575 e. The molecule has 0 amide bonds. The number of hydrogen-bond donors (Lipinski definition) is 0. The van der Waals surface area contributed by atoms with Crippen molar-refractivity contribution in [3.63, 3.8) is 0 Å². The van der Waals surface area contributed by atoms with E-state index in [4.69, 9.17) is 6.42 Å². The molecule has 1 rings (SSSR count). The van der Waals surface area contributed by atoms with Gasteiger partial charge in [-0.2, -0.15) is 0 Å². The third-order valence-electron chi connectivity index (χ3n) is 1.70. The molecule has 0 unspecified atom stereocenters. The van der Waals surface area contributed by atoms with Gasteiger partial charge < -0.3 is 4.74 Å². The van der Waals surface area contributed by atoms with Gasteiger partial charge in [-0.25, -0.2) is 0 Å². The van der Waals surface area contributed by atoms with Crippen LogP contribution in [0.15, 0.2) is 11.8 Å². The summed E-state index contributed by atoms with van der Waals surface area (Å²) in [4.78, 5) is 0. The predicted octanol–water partition coefficient (Wildman–Crippen LogP) is 1.60. The highest BCUT2D eigenvalue weighted by Crippen LogP contribution is 2.14. The highest BCUT2D eigenvalue weighted by atomic mass is 16.5. The summed E-state index contributed by atoms with van der Waals surface area (Å²) in [6, 6.07) is 0. The number of ether oxygens (including phenoxy) is 1. The lowest BCUT2D eigenvalue weighted by atomic mass is 10.1. The molecular formula is C9H13O+. The van der Waals surface area contributed by atoms with Crippen molar-refractivity contribution in [1.29, 1.82) is 0 Å². The van der Waals surface area contributed by atoms with Crippen LogP contribution in [0.1, 0.15) is 26.2 Å². The fraction of sp³-hybridized carbons (Fsp3) is 0.556. The molecule has 1 heterocycles. The van der Waals surface area contributed by atoms with Gasteiger partial charge in [0.15, 0.2) is 0 Å². The second kappa shape index (κ2) is 3.31. The van der Waals surface area contributed by atoms with Gasteiger partial charge in [-0.1, -0.05) is 6.92 Å². The second-order valence-corrected chi connectivity index (χ2v) is 2.44. The molecule has 0 aromatic heterocycles. The number of rotatable bonds is 1. The van der Waals surface area contributed by atoms with Gasteiger partial charge in [0, 0.05) is 12.5 Å². The number of allylic oxidation sites excluding steroid dienone is 2. The lowest BCUT2D eigenvalue weighted by Gasteiger charge is -2.16. The smallest absolute Gasteiger partial charge is 0.245 e. The molecule has 1 aliphatic rings. The molecule has 1 atom stereocenters. The van der Waals surface area contributed by atoms with E-state index >= 15 is 0 Å². The largest absolute Gasteiger partial charge is 0.575 e. The van der Waals surface area contributed by atoms with Crippen molar-refractivity contribution in [2.75, 3.05) is 0 Å². The second-order valence-electron chi connectivity index (χ2n) is 2.44. The Hall–Kier alpha value is -0.900. The van der Waals surface area contributed by atoms with E-state index < -0.39 is 0 Å².